The lowest BCUT2D eigenvalue weighted by molar-refractivity contribution is 0.0602. The Balaban J connectivity index is 2.34. The smallest absolute Gasteiger partial charge is 0.340 e. The van der Waals surface area contributed by atoms with Gasteiger partial charge in [-0.2, -0.15) is 0 Å². The van der Waals surface area contributed by atoms with Crippen LogP contribution in [0.4, 0.5) is 11.4 Å². The average molecular weight is 292 g/mol. The molecule has 0 radical (unpaired) electrons. The lowest BCUT2D eigenvalue weighted by Gasteiger charge is -2.12. The van der Waals surface area contributed by atoms with Gasteiger partial charge in [0.1, 0.15) is 0 Å². The zero-order valence-electron chi connectivity index (χ0n) is 13.4. The molecule has 0 amide bonds. The van der Waals surface area contributed by atoms with E-state index in [0.29, 0.717) is 11.3 Å². The van der Waals surface area contributed by atoms with E-state index in [9.17, 15) is 4.79 Å². The molecule has 0 spiro atoms. The van der Waals surface area contributed by atoms with Gasteiger partial charge < -0.3 is 15.8 Å². The van der Waals surface area contributed by atoms with Crippen LogP contribution in [0.1, 0.15) is 56.3 Å². The highest BCUT2D eigenvalue weighted by atomic mass is 16.5. The molecule has 21 heavy (non-hydrogen) atoms. The number of carbonyl (C=O) groups is 1. The number of esters is 1. The van der Waals surface area contributed by atoms with Crippen LogP contribution >= 0.6 is 0 Å². The van der Waals surface area contributed by atoms with Crippen molar-refractivity contribution in [1.82, 2.24) is 0 Å². The van der Waals surface area contributed by atoms with Crippen LogP contribution < -0.4 is 11.1 Å². The molecule has 0 atom stereocenters. The third-order valence-corrected chi connectivity index (χ3v) is 3.54. The van der Waals surface area contributed by atoms with Crippen molar-refractivity contribution in [2.45, 2.75) is 46.0 Å². The lowest BCUT2D eigenvalue weighted by atomic mass is 10.0. The minimum atomic E-state index is -0.398. The van der Waals surface area contributed by atoms with Gasteiger partial charge in [0.05, 0.1) is 24.0 Å². The zero-order valence-corrected chi connectivity index (χ0v) is 13.4. The number of rotatable bonds is 9. The van der Waals surface area contributed by atoms with E-state index in [1.807, 2.05) is 12.1 Å². The highest BCUT2D eigenvalue weighted by Crippen LogP contribution is 2.23. The molecule has 0 fully saturated rings. The van der Waals surface area contributed by atoms with E-state index in [2.05, 4.69) is 19.2 Å². The summed E-state index contributed by atoms with van der Waals surface area (Å²) < 4.78 is 4.71. The Bertz CT molecular complexity index is 444. The van der Waals surface area contributed by atoms with Crippen LogP contribution in [0.3, 0.4) is 0 Å². The van der Waals surface area contributed by atoms with Crippen LogP contribution in [0.2, 0.25) is 0 Å². The maximum atomic E-state index is 11.6. The first-order valence-corrected chi connectivity index (χ1v) is 7.77. The Hall–Kier alpha value is -1.71. The third-order valence-electron chi connectivity index (χ3n) is 3.54. The highest BCUT2D eigenvalue weighted by molar-refractivity contribution is 5.98. The summed E-state index contributed by atoms with van der Waals surface area (Å²) in [5.41, 5.74) is 7.68. The van der Waals surface area contributed by atoms with Crippen molar-refractivity contribution in [3.63, 3.8) is 0 Å². The number of nitrogens with two attached hydrogens (primary N) is 1. The second-order valence-electron chi connectivity index (χ2n) is 5.78. The van der Waals surface area contributed by atoms with Gasteiger partial charge in [-0.15, -0.1) is 0 Å². The van der Waals surface area contributed by atoms with E-state index in [-0.39, 0.29) is 0 Å². The molecule has 0 heterocycles. The fraction of sp³-hybridized carbons (Fsp3) is 0.588. The summed E-state index contributed by atoms with van der Waals surface area (Å²) in [7, 11) is 1.36. The number of nitrogens with one attached hydrogen (secondary N) is 1. The number of unbranched alkanes of at least 4 members (excludes halogenated alkanes) is 3. The molecule has 4 heteroatoms. The summed E-state index contributed by atoms with van der Waals surface area (Å²) in [6.45, 7) is 5.40. The second-order valence-corrected chi connectivity index (χ2v) is 5.78. The van der Waals surface area contributed by atoms with Crippen LogP contribution in [-0.4, -0.2) is 19.6 Å². The van der Waals surface area contributed by atoms with Crippen molar-refractivity contribution in [1.29, 1.82) is 0 Å². The van der Waals surface area contributed by atoms with Crippen molar-refractivity contribution < 1.29 is 9.53 Å². The molecule has 3 N–H and O–H groups in total. The standard InChI is InChI=1S/C17H28N2O2/c1-13(2)9-6-4-5-7-12-19-15-11-8-10-14(16(15)18)17(20)21-3/h8,10-11,13,19H,4-7,9,12,18H2,1-3H3. The summed E-state index contributed by atoms with van der Waals surface area (Å²) >= 11 is 0. The molecule has 0 aliphatic rings. The van der Waals surface area contributed by atoms with Gasteiger partial charge in [-0.25, -0.2) is 4.79 Å². The van der Waals surface area contributed by atoms with Crippen LogP contribution in [-0.2, 0) is 4.74 Å². The second kappa shape index (κ2) is 9.27. The molecule has 1 rings (SSSR count). The molecular weight excluding hydrogens is 264 g/mol. The van der Waals surface area contributed by atoms with Crippen molar-refractivity contribution in [3.05, 3.63) is 23.8 Å². The number of carbonyl (C=O) groups excluding carboxylic acids is 1. The summed E-state index contributed by atoms with van der Waals surface area (Å²) in [5.74, 6) is 0.397. The Morgan fingerprint density at radius 2 is 1.95 bits per heavy atom. The van der Waals surface area contributed by atoms with E-state index in [1.165, 1.54) is 32.8 Å². The number of methoxy groups -OCH3 is 1. The first-order valence-electron chi connectivity index (χ1n) is 7.77. The van der Waals surface area contributed by atoms with Crippen LogP contribution in [0, 0.1) is 5.92 Å². The van der Waals surface area contributed by atoms with Crippen molar-refractivity contribution >= 4 is 17.3 Å². The minimum Gasteiger partial charge on any atom is -0.465 e. The predicted molar refractivity (Wildman–Crippen MR) is 88.6 cm³/mol. The van der Waals surface area contributed by atoms with E-state index < -0.39 is 5.97 Å². The molecule has 0 aromatic heterocycles. The van der Waals surface area contributed by atoms with E-state index >= 15 is 0 Å². The number of anilines is 2. The monoisotopic (exact) mass is 292 g/mol. The average Bonchev–Trinajstić information content (AvgIpc) is 2.46. The molecule has 1 aromatic rings. The Labute approximate surface area is 128 Å². The highest BCUT2D eigenvalue weighted by Gasteiger charge is 2.12. The van der Waals surface area contributed by atoms with Crippen LogP contribution in [0.15, 0.2) is 18.2 Å². The molecule has 0 aliphatic heterocycles. The van der Waals surface area contributed by atoms with Crippen molar-refractivity contribution in [3.8, 4) is 0 Å². The first kappa shape index (κ1) is 17.3. The molecule has 118 valence electrons. The van der Waals surface area contributed by atoms with Gasteiger partial charge in [0, 0.05) is 6.54 Å². The third kappa shape index (κ3) is 6.06. The maximum absolute atomic E-state index is 11.6. The lowest BCUT2D eigenvalue weighted by Crippen LogP contribution is -2.10. The van der Waals surface area contributed by atoms with Gasteiger partial charge in [0.2, 0.25) is 0 Å². The SMILES string of the molecule is COC(=O)c1cccc(NCCCCCCC(C)C)c1N. The van der Waals surface area contributed by atoms with Crippen LogP contribution in [0.25, 0.3) is 0 Å². The van der Waals surface area contributed by atoms with Gasteiger partial charge in [-0.3, -0.25) is 0 Å². The van der Waals surface area contributed by atoms with E-state index in [0.717, 1.165) is 24.6 Å². The van der Waals surface area contributed by atoms with Gasteiger partial charge in [0.15, 0.2) is 0 Å². The summed E-state index contributed by atoms with van der Waals surface area (Å²) in [4.78, 5) is 11.6. The molecule has 4 nitrogen and oxygen atoms in total. The predicted octanol–water partition coefficient (Wildman–Crippen LogP) is 4.07. The molecule has 0 saturated heterocycles. The zero-order chi connectivity index (χ0) is 15.7. The summed E-state index contributed by atoms with van der Waals surface area (Å²) in [5, 5.41) is 3.30. The molecule has 0 bridgehead atoms. The topological polar surface area (TPSA) is 64.3 Å². The van der Waals surface area contributed by atoms with Crippen molar-refractivity contribution in [2.24, 2.45) is 5.92 Å². The molecular formula is C17H28N2O2. The largest absolute Gasteiger partial charge is 0.465 e. The van der Waals surface area contributed by atoms with Gasteiger partial charge in [-0.05, 0) is 24.5 Å². The van der Waals surface area contributed by atoms with E-state index in [4.69, 9.17) is 10.5 Å². The summed E-state index contributed by atoms with van der Waals surface area (Å²) in [6.07, 6.45) is 6.22. The van der Waals surface area contributed by atoms with Gasteiger partial charge >= 0.3 is 5.97 Å². The molecule has 0 saturated carbocycles. The number of hydrogen-bond donors (Lipinski definition) is 2. The number of benzene rings is 1. The number of ether oxygens (including phenoxy) is 1. The fourth-order valence-electron chi connectivity index (χ4n) is 2.26. The first-order chi connectivity index (χ1) is 10.1. The molecule has 1 aromatic carbocycles. The van der Waals surface area contributed by atoms with Gasteiger partial charge in [0.25, 0.3) is 0 Å². The van der Waals surface area contributed by atoms with Crippen LogP contribution in [0.5, 0.6) is 0 Å². The Kier molecular flexibility index (Phi) is 7.65. The number of para-hydroxylation sites is 1. The Morgan fingerprint density at radius 1 is 1.24 bits per heavy atom. The molecule has 0 aliphatic carbocycles. The van der Waals surface area contributed by atoms with Gasteiger partial charge in [-0.1, -0.05) is 45.6 Å². The maximum Gasteiger partial charge on any atom is 0.340 e. The summed E-state index contributed by atoms with van der Waals surface area (Å²) in [6, 6.07) is 5.38. The quantitative estimate of drug-likeness (QED) is 0.409. The number of hydrogen-bond acceptors (Lipinski definition) is 4. The number of nitrogen functional groups attached to an aromatic ring is 1. The Morgan fingerprint density at radius 3 is 2.62 bits per heavy atom. The fourth-order valence-corrected chi connectivity index (χ4v) is 2.26. The molecule has 0 unspecified atom stereocenters. The minimum absolute atomic E-state index is 0.398. The normalized spacial score (nSPS) is 10.7. The van der Waals surface area contributed by atoms with Crippen molar-refractivity contribution in [2.75, 3.05) is 24.7 Å². The van der Waals surface area contributed by atoms with E-state index in [1.54, 1.807) is 6.07 Å².